The lowest BCUT2D eigenvalue weighted by molar-refractivity contribution is -0.121. The van der Waals surface area contributed by atoms with E-state index in [1.165, 1.54) is 0 Å². The second-order valence-electron chi connectivity index (χ2n) is 5.00. The van der Waals surface area contributed by atoms with E-state index in [0.717, 1.165) is 16.6 Å². The number of aromatic nitrogens is 1. The van der Waals surface area contributed by atoms with Crippen LogP contribution in [0.15, 0.2) is 30.5 Å². The number of carbonyl (C=O) groups is 1. The number of rotatable bonds is 5. The zero-order valence-corrected chi connectivity index (χ0v) is 11.8. The van der Waals surface area contributed by atoms with Gasteiger partial charge in [0.1, 0.15) is 0 Å². The van der Waals surface area contributed by atoms with Crippen LogP contribution in [0.2, 0.25) is 0 Å². The minimum atomic E-state index is 0.0319. The van der Waals surface area contributed by atoms with Crippen LogP contribution >= 0.6 is 0 Å². The Morgan fingerprint density at radius 1 is 1.35 bits per heavy atom. The molecule has 106 valence electrons. The Kier molecular flexibility index (Phi) is 4.40. The molecule has 1 aromatic carbocycles. The zero-order valence-electron chi connectivity index (χ0n) is 11.8. The van der Waals surface area contributed by atoms with Crippen LogP contribution in [0, 0.1) is 0 Å². The maximum atomic E-state index is 11.6. The minimum absolute atomic E-state index is 0.0319. The molecule has 0 radical (unpaired) electrons. The molecule has 0 unspecified atom stereocenters. The van der Waals surface area contributed by atoms with E-state index in [9.17, 15) is 4.79 Å². The van der Waals surface area contributed by atoms with E-state index in [1.807, 2.05) is 38.1 Å². The first-order chi connectivity index (χ1) is 9.58. The number of carbonyl (C=O) groups excluding carboxylic acids is 1. The maximum Gasteiger partial charge on any atom is 0.221 e. The molecule has 0 atom stereocenters. The molecule has 0 saturated heterocycles. The van der Waals surface area contributed by atoms with Crippen molar-refractivity contribution in [2.75, 3.05) is 17.6 Å². The van der Waals surface area contributed by atoms with Crippen LogP contribution < -0.4 is 16.4 Å². The van der Waals surface area contributed by atoms with Crippen molar-refractivity contribution in [3.8, 4) is 0 Å². The van der Waals surface area contributed by atoms with Gasteiger partial charge in [-0.1, -0.05) is 18.2 Å². The normalized spacial score (nSPS) is 10.8. The average molecular weight is 272 g/mol. The molecule has 4 N–H and O–H groups in total. The molecule has 20 heavy (non-hydrogen) atoms. The standard InChI is InChI=1S/C15H20N4O/c1-10(2)19-14(20)7-8-17-15-11-5-3-4-6-13(11)18-9-12(15)16/h3-6,9-10H,7-8,16H2,1-2H3,(H,17,18)(H,19,20). The summed E-state index contributed by atoms with van der Waals surface area (Å²) in [7, 11) is 0. The van der Waals surface area contributed by atoms with Crippen molar-refractivity contribution >= 4 is 28.2 Å². The first kappa shape index (κ1) is 14.1. The highest BCUT2D eigenvalue weighted by molar-refractivity contribution is 5.96. The monoisotopic (exact) mass is 272 g/mol. The van der Waals surface area contributed by atoms with Gasteiger partial charge in [-0.15, -0.1) is 0 Å². The molecule has 1 heterocycles. The zero-order chi connectivity index (χ0) is 14.5. The Morgan fingerprint density at radius 3 is 2.85 bits per heavy atom. The van der Waals surface area contributed by atoms with Gasteiger partial charge in [0.2, 0.25) is 5.91 Å². The van der Waals surface area contributed by atoms with Crippen molar-refractivity contribution < 1.29 is 4.79 Å². The molecule has 2 aromatic rings. The van der Waals surface area contributed by atoms with E-state index in [0.29, 0.717) is 18.7 Å². The Bertz CT molecular complexity index is 610. The van der Waals surface area contributed by atoms with Crippen molar-refractivity contribution in [3.63, 3.8) is 0 Å². The second kappa shape index (κ2) is 6.23. The summed E-state index contributed by atoms with van der Waals surface area (Å²) in [6, 6.07) is 7.95. The number of pyridine rings is 1. The van der Waals surface area contributed by atoms with Crippen molar-refractivity contribution in [1.29, 1.82) is 0 Å². The van der Waals surface area contributed by atoms with Crippen molar-refractivity contribution in [1.82, 2.24) is 10.3 Å². The summed E-state index contributed by atoms with van der Waals surface area (Å²) in [5.41, 5.74) is 8.28. The van der Waals surface area contributed by atoms with Crippen LogP contribution in [0.5, 0.6) is 0 Å². The number of para-hydroxylation sites is 1. The Balaban J connectivity index is 2.06. The fourth-order valence-corrected chi connectivity index (χ4v) is 2.05. The van der Waals surface area contributed by atoms with E-state index in [1.54, 1.807) is 6.20 Å². The highest BCUT2D eigenvalue weighted by Gasteiger charge is 2.07. The molecule has 0 aliphatic heterocycles. The van der Waals surface area contributed by atoms with Crippen molar-refractivity contribution in [2.24, 2.45) is 0 Å². The first-order valence-electron chi connectivity index (χ1n) is 6.74. The molecule has 0 spiro atoms. The van der Waals surface area contributed by atoms with Gasteiger partial charge >= 0.3 is 0 Å². The SMILES string of the molecule is CC(C)NC(=O)CCNc1c(N)cnc2ccccc12. The molecule has 1 aromatic heterocycles. The van der Waals surface area contributed by atoms with Gasteiger partial charge in [-0.05, 0) is 19.9 Å². The third kappa shape index (κ3) is 3.38. The Labute approximate surface area is 118 Å². The smallest absolute Gasteiger partial charge is 0.221 e. The summed E-state index contributed by atoms with van der Waals surface area (Å²) in [6.07, 6.45) is 2.05. The lowest BCUT2D eigenvalue weighted by Gasteiger charge is -2.13. The van der Waals surface area contributed by atoms with Crippen LogP contribution in [0.4, 0.5) is 11.4 Å². The van der Waals surface area contributed by atoms with E-state index < -0.39 is 0 Å². The molecule has 0 aliphatic carbocycles. The largest absolute Gasteiger partial charge is 0.396 e. The summed E-state index contributed by atoms with van der Waals surface area (Å²) in [5, 5.41) is 7.06. The van der Waals surface area contributed by atoms with Gasteiger partial charge in [-0.2, -0.15) is 0 Å². The average Bonchev–Trinajstić information content (AvgIpc) is 2.40. The highest BCUT2D eigenvalue weighted by atomic mass is 16.1. The highest BCUT2D eigenvalue weighted by Crippen LogP contribution is 2.27. The van der Waals surface area contributed by atoms with E-state index in [4.69, 9.17) is 5.73 Å². The summed E-state index contributed by atoms with van der Waals surface area (Å²) in [6.45, 7) is 4.43. The van der Waals surface area contributed by atoms with Gasteiger partial charge in [-0.3, -0.25) is 9.78 Å². The lowest BCUT2D eigenvalue weighted by Crippen LogP contribution is -2.31. The number of nitrogen functional groups attached to an aromatic ring is 1. The number of nitrogens with one attached hydrogen (secondary N) is 2. The fourth-order valence-electron chi connectivity index (χ4n) is 2.05. The number of amides is 1. The van der Waals surface area contributed by atoms with E-state index in [-0.39, 0.29) is 11.9 Å². The number of benzene rings is 1. The molecule has 0 aliphatic rings. The molecule has 0 fully saturated rings. The molecule has 0 saturated carbocycles. The van der Waals surface area contributed by atoms with Gasteiger partial charge in [0, 0.05) is 24.4 Å². The molecular formula is C15H20N4O. The summed E-state index contributed by atoms with van der Waals surface area (Å²) >= 11 is 0. The molecule has 1 amide bonds. The summed E-state index contributed by atoms with van der Waals surface area (Å²) < 4.78 is 0. The Hall–Kier alpha value is -2.30. The number of fused-ring (bicyclic) bond motifs is 1. The topological polar surface area (TPSA) is 80.0 Å². The van der Waals surface area contributed by atoms with Gasteiger partial charge in [0.15, 0.2) is 0 Å². The van der Waals surface area contributed by atoms with Gasteiger partial charge in [0.05, 0.1) is 23.1 Å². The number of anilines is 2. The summed E-state index contributed by atoms with van der Waals surface area (Å²) in [4.78, 5) is 15.9. The quantitative estimate of drug-likeness (QED) is 0.779. The molecule has 0 bridgehead atoms. The van der Waals surface area contributed by atoms with Crippen molar-refractivity contribution in [3.05, 3.63) is 30.5 Å². The van der Waals surface area contributed by atoms with E-state index in [2.05, 4.69) is 15.6 Å². The maximum absolute atomic E-state index is 11.6. The van der Waals surface area contributed by atoms with Crippen LogP contribution in [0.3, 0.4) is 0 Å². The minimum Gasteiger partial charge on any atom is -0.396 e. The number of nitrogens with zero attached hydrogens (tertiary/aromatic N) is 1. The van der Waals surface area contributed by atoms with Crippen LogP contribution in [0.25, 0.3) is 10.9 Å². The predicted octanol–water partition coefficient (Wildman–Crippen LogP) is 2.14. The third-order valence-corrected chi connectivity index (χ3v) is 2.91. The van der Waals surface area contributed by atoms with Gasteiger partial charge in [-0.25, -0.2) is 0 Å². The summed E-state index contributed by atoms with van der Waals surface area (Å²) in [5.74, 6) is 0.0319. The Morgan fingerprint density at radius 2 is 2.10 bits per heavy atom. The van der Waals surface area contributed by atoms with E-state index >= 15 is 0 Å². The third-order valence-electron chi connectivity index (χ3n) is 2.91. The molecular weight excluding hydrogens is 252 g/mol. The van der Waals surface area contributed by atoms with Gasteiger partial charge in [0.25, 0.3) is 0 Å². The number of nitrogens with two attached hydrogens (primary N) is 1. The van der Waals surface area contributed by atoms with Crippen LogP contribution in [-0.4, -0.2) is 23.5 Å². The molecule has 2 rings (SSSR count). The lowest BCUT2D eigenvalue weighted by atomic mass is 10.1. The van der Waals surface area contributed by atoms with Crippen LogP contribution in [0.1, 0.15) is 20.3 Å². The second-order valence-corrected chi connectivity index (χ2v) is 5.00. The van der Waals surface area contributed by atoms with Gasteiger partial charge < -0.3 is 16.4 Å². The fraction of sp³-hybridized carbons (Fsp3) is 0.333. The molecule has 5 heteroatoms. The van der Waals surface area contributed by atoms with Crippen molar-refractivity contribution in [2.45, 2.75) is 26.3 Å². The first-order valence-corrected chi connectivity index (χ1v) is 6.74. The number of hydrogen-bond donors (Lipinski definition) is 3. The van der Waals surface area contributed by atoms with Crippen LogP contribution in [-0.2, 0) is 4.79 Å². The molecule has 5 nitrogen and oxygen atoms in total. The predicted molar refractivity (Wildman–Crippen MR) is 82.5 cm³/mol. The number of hydrogen-bond acceptors (Lipinski definition) is 4.